The molecule has 6 heteroatoms. The summed E-state index contributed by atoms with van der Waals surface area (Å²) in [7, 11) is 0. The van der Waals surface area contributed by atoms with Crippen LogP contribution >= 0.6 is 23.2 Å². The average Bonchev–Trinajstić information content (AvgIpc) is 2.72. The van der Waals surface area contributed by atoms with Crippen molar-refractivity contribution in [2.75, 3.05) is 24.5 Å². The number of rotatable bonds is 4. The van der Waals surface area contributed by atoms with Crippen molar-refractivity contribution in [3.05, 3.63) is 99.5 Å². The van der Waals surface area contributed by atoms with Gasteiger partial charge < -0.3 is 4.90 Å². The summed E-state index contributed by atoms with van der Waals surface area (Å²) in [4.78, 5) is 4.55. The van der Waals surface area contributed by atoms with Crippen molar-refractivity contribution in [2.45, 2.75) is 12.6 Å². The van der Waals surface area contributed by atoms with E-state index in [1.807, 2.05) is 48.5 Å². The van der Waals surface area contributed by atoms with Crippen LogP contribution in [0.3, 0.4) is 0 Å². The van der Waals surface area contributed by atoms with E-state index < -0.39 is 11.6 Å². The minimum absolute atomic E-state index is 0.0613. The molecule has 1 heterocycles. The van der Waals surface area contributed by atoms with Gasteiger partial charge in [0.15, 0.2) is 11.6 Å². The number of piperazine rings is 1. The van der Waals surface area contributed by atoms with Crippen LogP contribution < -0.4 is 4.90 Å². The van der Waals surface area contributed by atoms with Gasteiger partial charge in [0.1, 0.15) is 0 Å². The molecule has 1 saturated heterocycles. The van der Waals surface area contributed by atoms with Gasteiger partial charge in [0, 0.05) is 31.2 Å². The summed E-state index contributed by atoms with van der Waals surface area (Å²) in [5, 5.41) is 1.40. The van der Waals surface area contributed by atoms with Crippen LogP contribution in [-0.4, -0.2) is 24.5 Å². The van der Waals surface area contributed by atoms with Gasteiger partial charge in [-0.2, -0.15) is 0 Å². The lowest BCUT2D eigenvalue weighted by Crippen LogP contribution is -2.48. The van der Waals surface area contributed by atoms with Crippen LogP contribution in [0.15, 0.2) is 66.7 Å². The van der Waals surface area contributed by atoms with Crippen LogP contribution in [0.5, 0.6) is 0 Å². The second-order valence-electron chi connectivity index (χ2n) is 7.20. The van der Waals surface area contributed by atoms with Gasteiger partial charge in [-0.25, -0.2) is 8.78 Å². The predicted molar refractivity (Wildman–Crippen MR) is 115 cm³/mol. The molecule has 0 spiro atoms. The van der Waals surface area contributed by atoms with Gasteiger partial charge in [-0.1, -0.05) is 53.5 Å². The zero-order chi connectivity index (χ0) is 20.4. The Bertz CT molecular complexity index is 994. The summed E-state index contributed by atoms with van der Waals surface area (Å²) in [5.41, 5.74) is 2.87. The zero-order valence-electron chi connectivity index (χ0n) is 15.7. The van der Waals surface area contributed by atoms with Crippen LogP contribution in [0.1, 0.15) is 17.2 Å². The lowest BCUT2D eigenvalue weighted by atomic mass is 10.0. The quantitative estimate of drug-likeness (QED) is 0.474. The second kappa shape index (κ2) is 8.70. The molecule has 4 rings (SSSR count). The lowest BCUT2D eigenvalue weighted by molar-refractivity contribution is 0.215. The van der Waals surface area contributed by atoms with Gasteiger partial charge in [0.2, 0.25) is 0 Å². The first-order valence-electron chi connectivity index (χ1n) is 9.44. The molecule has 2 nitrogen and oxygen atoms in total. The van der Waals surface area contributed by atoms with E-state index in [0.717, 1.165) is 36.4 Å². The topological polar surface area (TPSA) is 6.48 Å². The van der Waals surface area contributed by atoms with Gasteiger partial charge in [-0.15, -0.1) is 0 Å². The number of nitrogens with zero attached hydrogens (tertiary/aromatic N) is 2. The van der Waals surface area contributed by atoms with Crippen LogP contribution in [0.2, 0.25) is 10.0 Å². The number of halogens is 4. The Morgan fingerprint density at radius 3 is 2.34 bits per heavy atom. The molecule has 1 aliphatic rings. The molecule has 0 aromatic heterocycles. The van der Waals surface area contributed by atoms with E-state index in [0.29, 0.717) is 16.6 Å². The monoisotopic (exact) mass is 432 g/mol. The number of benzene rings is 3. The Labute approximate surface area is 179 Å². The zero-order valence-corrected chi connectivity index (χ0v) is 17.2. The molecule has 0 radical (unpaired) electrons. The van der Waals surface area contributed by atoms with E-state index in [9.17, 15) is 8.78 Å². The fourth-order valence-electron chi connectivity index (χ4n) is 3.82. The summed E-state index contributed by atoms with van der Waals surface area (Å²) in [6.07, 6.45) is 0. The molecule has 3 aromatic rings. The molecule has 0 amide bonds. The van der Waals surface area contributed by atoms with Crippen LogP contribution in [-0.2, 0) is 6.54 Å². The molecule has 29 heavy (non-hydrogen) atoms. The van der Waals surface area contributed by atoms with Crippen molar-refractivity contribution in [3.63, 3.8) is 0 Å². The molecule has 1 aliphatic heterocycles. The predicted octanol–water partition coefficient (Wildman–Crippen LogP) is 6.34. The van der Waals surface area contributed by atoms with Crippen LogP contribution in [0.4, 0.5) is 14.5 Å². The highest BCUT2D eigenvalue weighted by atomic mass is 35.5. The third kappa shape index (κ3) is 4.55. The van der Waals surface area contributed by atoms with Gasteiger partial charge in [-0.3, -0.25) is 4.90 Å². The number of para-hydroxylation sites is 1. The Balaban J connectivity index is 1.61. The molecule has 1 atom stereocenters. The Kier molecular flexibility index (Phi) is 6.04. The summed E-state index contributed by atoms with van der Waals surface area (Å²) >= 11 is 12.6. The molecule has 150 valence electrons. The molecular weight excluding hydrogens is 413 g/mol. The van der Waals surface area contributed by atoms with E-state index in [1.165, 1.54) is 12.1 Å². The molecule has 1 unspecified atom stereocenters. The Hall–Kier alpha value is -2.14. The molecule has 0 aliphatic carbocycles. The molecule has 0 saturated carbocycles. The first kappa shape index (κ1) is 20.1. The first-order chi connectivity index (χ1) is 14.0. The minimum atomic E-state index is -0.823. The number of anilines is 1. The van der Waals surface area contributed by atoms with E-state index in [2.05, 4.69) is 9.80 Å². The largest absolute Gasteiger partial charge is 0.361 e. The molecule has 0 bridgehead atoms. The second-order valence-corrected chi connectivity index (χ2v) is 8.04. The van der Waals surface area contributed by atoms with Crippen LogP contribution in [0.25, 0.3) is 0 Å². The lowest BCUT2D eigenvalue weighted by Gasteiger charge is -2.43. The first-order valence-corrected chi connectivity index (χ1v) is 10.2. The highest BCUT2D eigenvalue weighted by molar-refractivity contribution is 6.33. The van der Waals surface area contributed by atoms with Gasteiger partial charge >= 0.3 is 0 Å². The maximum absolute atomic E-state index is 13.6. The van der Waals surface area contributed by atoms with Crippen molar-refractivity contribution in [1.82, 2.24) is 4.90 Å². The van der Waals surface area contributed by atoms with E-state index >= 15 is 0 Å². The maximum atomic E-state index is 13.6. The van der Waals surface area contributed by atoms with Crippen molar-refractivity contribution in [2.24, 2.45) is 0 Å². The highest BCUT2D eigenvalue weighted by Gasteiger charge is 2.29. The van der Waals surface area contributed by atoms with Crippen molar-refractivity contribution < 1.29 is 8.78 Å². The summed E-state index contributed by atoms with van der Waals surface area (Å²) in [6.45, 7) is 2.83. The number of hydrogen-bond acceptors (Lipinski definition) is 2. The van der Waals surface area contributed by atoms with Gasteiger partial charge in [0.05, 0.1) is 16.8 Å². The standard InChI is InChI=1S/C23H20Cl2F2N2/c24-18-8-6-17(7-9-18)23-15-28(14-16-5-10-20(26)21(27)13-16)11-12-29(23)22-4-2-1-3-19(22)25/h1-10,13,23H,11-12,14-15H2. The highest BCUT2D eigenvalue weighted by Crippen LogP contribution is 2.35. The molecule has 0 N–H and O–H groups in total. The van der Waals surface area contributed by atoms with Crippen molar-refractivity contribution >= 4 is 28.9 Å². The average molecular weight is 433 g/mol. The fraction of sp³-hybridized carbons (Fsp3) is 0.217. The summed E-state index contributed by atoms with van der Waals surface area (Å²) in [5.74, 6) is -1.64. The molecule has 3 aromatic carbocycles. The third-order valence-corrected chi connectivity index (χ3v) is 5.84. The maximum Gasteiger partial charge on any atom is 0.159 e. The Morgan fingerprint density at radius 2 is 1.62 bits per heavy atom. The minimum Gasteiger partial charge on any atom is -0.361 e. The summed E-state index contributed by atoms with van der Waals surface area (Å²) in [6, 6.07) is 19.8. The van der Waals surface area contributed by atoms with E-state index in [4.69, 9.17) is 23.2 Å². The molecular formula is C23H20Cl2F2N2. The van der Waals surface area contributed by atoms with Gasteiger partial charge in [-0.05, 0) is 47.5 Å². The van der Waals surface area contributed by atoms with E-state index in [1.54, 1.807) is 6.07 Å². The van der Waals surface area contributed by atoms with Crippen molar-refractivity contribution in [3.8, 4) is 0 Å². The van der Waals surface area contributed by atoms with E-state index in [-0.39, 0.29) is 6.04 Å². The summed E-state index contributed by atoms with van der Waals surface area (Å²) < 4.78 is 26.9. The molecule has 1 fully saturated rings. The normalized spacial score (nSPS) is 17.5. The van der Waals surface area contributed by atoms with Crippen molar-refractivity contribution in [1.29, 1.82) is 0 Å². The van der Waals surface area contributed by atoms with Crippen LogP contribution in [0, 0.1) is 11.6 Å². The fourth-order valence-corrected chi connectivity index (χ4v) is 4.19. The SMILES string of the molecule is Fc1ccc(CN2CCN(c3ccccc3Cl)C(c3ccc(Cl)cc3)C2)cc1F. The smallest absolute Gasteiger partial charge is 0.159 e. The number of hydrogen-bond donors (Lipinski definition) is 0. The van der Waals surface area contributed by atoms with Gasteiger partial charge in [0.25, 0.3) is 0 Å². The third-order valence-electron chi connectivity index (χ3n) is 5.27. The Morgan fingerprint density at radius 1 is 0.862 bits per heavy atom.